The Hall–Kier alpha value is -2.70. The van der Waals surface area contributed by atoms with Crippen molar-refractivity contribution >= 4 is 23.2 Å². The topological polar surface area (TPSA) is 76.3 Å². The molecule has 0 saturated carbocycles. The number of pyridine rings is 1. The molecule has 0 radical (unpaired) electrons. The molecule has 0 bridgehead atoms. The lowest BCUT2D eigenvalue weighted by molar-refractivity contribution is -0.137. The van der Waals surface area contributed by atoms with Crippen LogP contribution in [0.4, 0.5) is 0 Å². The first kappa shape index (κ1) is 13.3. The van der Waals surface area contributed by atoms with Crippen molar-refractivity contribution in [1.82, 2.24) is 14.4 Å². The smallest absolute Gasteiger partial charge is 0.354 e. The lowest BCUT2D eigenvalue weighted by Crippen LogP contribution is -2.32. The van der Waals surface area contributed by atoms with E-state index in [1.54, 1.807) is 6.20 Å². The van der Waals surface area contributed by atoms with Crippen molar-refractivity contribution in [1.29, 1.82) is 0 Å². The molecular weight excluding hydrogens is 272 g/mol. The average Bonchev–Trinajstić information content (AvgIpc) is 2.90. The summed E-state index contributed by atoms with van der Waals surface area (Å²) in [6.07, 6.45) is 4.27. The summed E-state index contributed by atoms with van der Waals surface area (Å²) < 4.78 is 7.05. The van der Waals surface area contributed by atoms with Crippen molar-refractivity contribution in [3.63, 3.8) is 0 Å². The van der Waals surface area contributed by atoms with E-state index in [0.29, 0.717) is 12.1 Å². The Balaban J connectivity index is 1.66. The van der Waals surface area contributed by atoms with Crippen LogP contribution in [0.25, 0.3) is 5.65 Å². The van der Waals surface area contributed by atoms with Crippen molar-refractivity contribution in [3.05, 3.63) is 36.3 Å². The van der Waals surface area contributed by atoms with Crippen LogP contribution in [0, 0.1) is 0 Å². The first-order valence-corrected chi connectivity index (χ1v) is 6.57. The molecule has 0 spiro atoms. The molecule has 0 saturated heterocycles. The van der Waals surface area contributed by atoms with Crippen LogP contribution in [-0.2, 0) is 20.9 Å². The molecule has 2 aromatic rings. The summed E-state index contributed by atoms with van der Waals surface area (Å²) in [5, 5.41) is 5.09. The van der Waals surface area contributed by atoms with Crippen molar-refractivity contribution in [3.8, 4) is 0 Å². The Morgan fingerprint density at radius 2 is 2.24 bits per heavy atom. The second-order valence-electron chi connectivity index (χ2n) is 4.74. The zero-order chi connectivity index (χ0) is 14.8. The minimum absolute atomic E-state index is 0.0805. The zero-order valence-electron chi connectivity index (χ0n) is 11.5. The maximum atomic E-state index is 11.9. The van der Waals surface area contributed by atoms with E-state index in [0.717, 1.165) is 5.65 Å². The SMILES string of the molecule is CN1N=C(C(=O)OCc2cn3ccccc3n2)CCC1=O. The molecule has 7 heteroatoms. The van der Waals surface area contributed by atoms with Gasteiger partial charge in [0.25, 0.3) is 0 Å². The molecule has 0 aliphatic carbocycles. The van der Waals surface area contributed by atoms with Gasteiger partial charge >= 0.3 is 5.97 Å². The molecule has 21 heavy (non-hydrogen) atoms. The van der Waals surface area contributed by atoms with E-state index in [4.69, 9.17) is 4.74 Å². The van der Waals surface area contributed by atoms with Crippen LogP contribution in [0.15, 0.2) is 35.7 Å². The van der Waals surface area contributed by atoms with E-state index in [1.807, 2.05) is 28.8 Å². The molecule has 2 aromatic heterocycles. The quantitative estimate of drug-likeness (QED) is 0.788. The molecule has 0 unspecified atom stereocenters. The molecule has 3 rings (SSSR count). The summed E-state index contributed by atoms with van der Waals surface area (Å²) >= 11 is 0. The van der Waals surface area contributed by atoms with Crippen LogP contribution < -0.4 is 0 Å². The van der Waals surface area contributed by atoms with Crippen LogP contribution in [-0.4, -0.2) is 39.0 Å². The van der Waals surface area contributed by atoms with Gasteiger partial charge in [-0.1, -0.05) is 6.07 Å². The molecule has 1 amide bonds. The highest BCUT2D eigenvalue weighted by Gasteiger charge is 2.23. The highest BCUT2D eigenvalue weighted by Crippen LogP contribution is 2.10. The van der Waals surface area contributed by atoms with E-state index in [9.17, 15) is 9.59 Å². The lowest BCUT2D eigenvalue weighted by Gasteiger charge is -2.18. The Kier molecular flexibility index (Phi) is 3.39. The number of carbonyl (C=O) groups is 2. The van der Waals surface area contributed by atoms with Crippen LogP contribution in [0.1, 0.15) is 18.5 Å². The summed E-state index contributed by atoms with van der Waals surface area (Å²) in [6, 6.07) is 5.66. The maximum Gasteiger partial charge on any atom is 0.354 e. The molecule has 0 fully saturated rings. The van der Waals surface area contributed by atoms with E-state index in [2.05, 4.69) is 10.1 Å². The van der Waals surface area contributed by atoms with E-state index in [1.165, 1.54) is 12.1 Å². The summed E-state index contributed by atoms with van der Waals surface area (Å²) in [5.74, 6) is -0.613. The number of fused-ring (bicyclic) bond motifs is 1. The molecule has 0 atom stereocenters. The standard InChI is InChI=1S/C14H14N4O3/c1-17-13(19)6-5-11(16-17)14(20)21-9-10-8-18-7-3-2-4-12(18)15-10/h2-4,7-8H,5-6,9H2,1H3. The summed E-state index contributed by atoms with van der Waals surface area (Å²) in [7, 11) is 1.52. The minimum Gasteiger partial charge on any atom is -0.455 e. The number of esters is 1. The summed E-state index contributed by atoms with van der Waals surface area (Å²) in [5.41, 5.74) is 1.72. The minimum atomic E-state index is -0.508. The fourth-order valence-corrected chi connectivity index (χ4v) is 2.10. The molecule has 1 aliphatic heterocycles. The highest BCUT2D eigenvalue weighted by molar-refractivity contribution is 6.37. The van der Waals surface area contributed by atoms with Gasteiger partial charge in [-0.3, -0.25) is 4.79 Å². The predicted molar refractivity (Wildman–Crippen MR) is 74.4 cm³/mol. The Bertz CT molecular complexity index is 702. The summed E-state index contributed by atoms with van der Waals surface area (Å²) in [4.78, 5) is 27.5. The third kappa shape index (κ3) is 2.76. The number of carbonyl (C=O) groups excluding carboxylic acids is 2. The van der Waals surface area contributed by atoms with E-state index < -0.39 is 5.97 Å². The highest BCUT2D eigenvalue weighted by atomic mass is 16.5. The van der Waals surface area contributed by atoms with Crippen molar-refractivity contribution in [2.75, 3.05) is 7.05 Å². The molecule has 7 nitrogen and oxygen atoms in total. The number of imidazole rings is 1. The normalized spacial score (nSPS) is 15.2. The molecule has 0 aromatic carbocycles. The van der Waals surface area contributed by atoms with Gasteiger partial charge in [0, 0.05) is 32.3 Å². The second-order valence-corrected chi connectivity index (χ2v) is 4.74. The number of nitrogens with zero attached hydrogens (tertiary/aromatic N) is 4. The first-order chi connectivity index (χ1) is 10.1. The third-order valence-electron chi connectivity index (χ3n) is 3.21. The monoisotopic (exact) mass is 286 g/mol. The van der Waals surface area contributed by atoms with Crippen LogP contribution in [0.3, 0.4) is 0 Å². The lowest BCUT2D eigenvalue weighted by atomic mass is 10.2. The van der Waals surface area contributed by atoms with Crippen LogP contribution in [0.5, 0.6) is 0 Å². The Labute approximate surface area is 120 Å². The number of ether oxygens (including phenoxy) is 1. The fraction of sp³-hybridized carbons (Fsp3) is 0.286. The molecule has 3 heterocycles. The largest absolute Gasteiger partial charge is 0.455 e. The van der Waals surface area contributed by atoms with Gasteiger partial charge in [0.05, 0.1) is 5.69 Å². The molecular formula is C14H14N4O3. The third-order valence-corrected chi connectivity index (χ3v) is 3.21. The summed E-state index contributed by atoms with van der Waals surface area (Å²) in [6.45, 7) is 0.0805. The number of hydrogen-bond acceptors (Lipinski definition) is 5. The van der Waals surface area contributed by atoms with Crippen molar-refractivity contribution in [2.45, 2.75) is 19.4 Å². The second kappa shape index (κ2) is 5.35. The average molecular weight is 286 g/mol. The van der Waals surface area contributed by atoms with Gasteiger partial charge in [-0.15, -0.1) is 0 Å². The van der Waals surface area contributed by atoms with Crippen molar-refractivity contribution in [2.24, 2.45) is 5.10 Å². The number of amides is 1. The maximum absolute atomic E-state index is 11.9. The van der Waals surface area contributed by atoms with Gasteiger partial charge in [0.1, 0.15) is 18.0 Å². The van der Waals surface area contributed by atoms with Gasteiger partial charge in [0.15, 0.2) is 0 Å². The Morgan fingerprint density at radius 1 is 1.38 bits per heavy atom. The molecule has 0 N–H and O–H groups in total. The van der Waals surface area contributed by atoms with Crippen LogP contribution >= 0.6 is 0 Å². The first-order valence-electron chi connectivity index (χ1n) is 6.57. The van der Waals surface area contributed by atoms with E-state index in [-0.39, 0.29) is 24.6 Å². The number of aromatic nitrogens is 2. The predicted octanol–water partition coefficient (Wildman–Crippen LogP) is 0.986. The molecule has 1 aliphatic rings. The van der Waals surface area contributed by atoms with Gasteiger partial charge in [-0.2, -0.15) is 5.10 Å². The van der Waals surface area contributed by atoms with Gasteiger partial charge in [-0.25, -0.2) is 14.8 Å². The van der Waals surface area contributed by atoms with Gasteiger partial charge in [0.2, 0.25) is 5.91 Å². The van der Waals surface area contributed by atoms with Gasteiger partial charge < -0.3 is 9.14 Å². The fourth-order valence-electron chi connectivity index (χ4n) is 2.10. The number of hydrogen-bond donors (Lipinski definition) is 0. The number of rotatable bonds is 3. The van der Waals surface area contributed by atoms with Gasteiger partial charge in [-0.05, 0) is 12.1 Å². The van der Waals surface area contributed by atoms with Crippen molar-refractivity contribution < 1.29 is 14.3 Å². The van der Waals surface area contributed by atoms with Crippen LogP contribution in [0.2, 0.25) is 0 Å². The Morgan fingerprint density at radius 3 is 3.00 bits per heavy atom. The zero-order valence-corrected chi connectivity index (χ0v) is 11.5. The van der Waals surface area contributed by atoms with E-state index >= 15 is 0 Å². The number of hydrazone groups is 1. The molecule has 108 valence electrons.